The molecule has 1 aromatic heterocycles. The van der Waals surface area contributed by atoms with Crippen LogP contribution in [0.2, 0.25) is 5.02 Å². The molecule has 1 aromatic carbocycles. The Kier molecular flexibility index (Phi) is 5.20. The van der Waals surface area contributed by atoms with Crippen molar-refractivity contribution < 1.29 is 4.79 Å². The summed E-state index contributed by atoms with van der Waals surface area (Å²) in [6.07, 6.45) is 0. The highest BCUT2D eigenvalue weighted by atomic mass is 35.5. The Morgan fingerprint density at radius 1 is 1.19 bits per heavy atom. The van der Waals surface area contributed by atoms with Gasteiger partial charge in [-0.25, -0.2) is 9.97 Å². The molecule has 6 heteroatoms. The van der Waals surface area contributed by atoms with E-state index < -0.39 is 0 Å². The Hall–Kier alpha value is -1.59. The molecule has 1 unspecified atom stereocenters. The molecule has 0 aliphatic carbocycles. The number of amides is 1. The number of aryl methyl sites for hydroxylation is 2. The van der Waals surface area contributed by atoms with Gasteiger partial charge >= 0.3 is 0 Å². The zero-order chi connectivity index (χ0) is 15.4. The second-order valence-corrected chi connectivity index (χ2v) is 6.43. The van der Waals surface area contributed by atoms with E-state index in [-0.39, 0.29) is 11.2 Å². The summed E-state index contributed by atoms with van der Waals surface area (Å²) >= 11 is 7.16. The molecule has 110 valence electrons. The molecular formula is C15H16ClN3OS. The first-order valence-corrected chi connectivity index (χ1v) is 7.75. The summed E-state index contributed by atoms with van der Waals surface area (Å²) in [5, 5.41) is 3.81. The van der Waals surface area contributed by atoms with Crippen LogP contribution in [0.4, 0.5) is 5.69 Å². The summed E-state index contributed by atoms with van der Waals surface area (Å²) in [7, 11) is 0. The van der Waals surface area contributed by atoms with Crippen molar-refractivity contribution in [3.63, 3.8) is 0 Å². The van der Waals surface area contributed by atoms with E-state index in [2.05, 4.69) is 15.3 Å². The van der Waals surface area contributed by atoms with Gasteiger partial charge in [-0.05, 0) is 51.1 Å². The standard InChI is InChI=1S/C15H16ClN3OS/c1-9-8-10(2)18-15(17-9)21-11(3)14(20)19-13-6-4-12(16)5-7-13/h4-8,11H,1-3H3,(H,19,20). The second-order valence-electron chi connectivity index (χ2n) is 4.69. The lowest BCUT2D eigenvalue weighted by atomic mass is 10.3. The van der Waals surface area contributed by atoms with E-state index in [1.165, 1.54) is 11.8 Å². The molecule has 2 aromatic rings. The van der Waals surface area contributed by atoms with Crippen molar-refractivity contribution in [2.45, 2.75) is 31.2 Å². The van der Waals surface area contributed by atoms with E-state index in [9.17, 15) is 4.79 Å². The highest BCUT2D eigenvalue weighted by molar-refractivity contribution is 8.00. The van der Waals surface area contributed by atoms with Crippen molar-refractivity contribution in [3.8, 4) is 0 Å². The van der Waals surface area contributed by atoms with Crippen LogP contribution in [-0.2, 0) is 4.79 Å². The monoisotopic (exact) mass is 321 g/mol. The summed E-state index contributed by atoms with van der Waals surface area (Å²) in [5.74, 6) is -0.0925. The average Bonchev–Trinajstić information content (AvgIpc) is 2.40. The lowest BCUT2D eigenvalue weighted by molar-refractivity contribution is -0.115. The minimum absolute atomic E-state index is 0.0925. The Bertz CT molecular complexity index is 626. The normalized spacial score (nSPS) is 12.0. The maximum atomic E-state index is 12.2. The number of nitrogens with zero attached hydrogens (tertiary/aromatic N) is 2. The van der Waals surface area contributed by atoms with Gasteiger partial charge in [0.1, 0.15) is 0 Å². The van der Waals surface area contributed by atoms with Gasteiger partial charge in [-0.1, -0.05) is 23.4 Å². The number of hydrogen-bond acceptors (Lipinski definition) is 4. The number of nitrogens with one attached hydrogen (secondary N) is 1. The zero-order valence-electron chi connectivity index (χ0n) is 12.1. The van der Waals surface area contributed by atoms with Crippen LogP contribution < -0.4 is 5.32 Å². The predicted molar refractivity (Wildman–Crippen MR) is 86.9 cm³/mol. The lowest BCUT2D eigenvalue weighted by Gasteiger charge is -2.11. The van der Waals surface area contributed by atoms with Gasteiger partial charge in [0.2, 0.25) is 5.91 Å². The fourth-order valence-electron chi connectivity index (χ4n) is 1.74. The molecule has 1 heterocycles. The SMILES string of the molecule is Cc1cc(C)nc(SC(C)C(=O)Nc2ccc(Cl)cc2)n1. The molecule has 4 nitrogen and oxygen atoms in total. The van der Waals surface area contributed by atoms with E-state index >= 15 is 0 Å². The maximum absolute atomic E-state index is 12.2. The smallest absolute Gasteiger partial charge is 0.237 e. The van der Waals surface area contributed by atoms with Crippen LogP contribution in [-0.4, -0.2) is 21.1 Å². The Morgan fingerprint density at radius 2 is 1.76 bits per heavy atom. The molecule has 2 rings (SSSR count). The van der Waals surface area contributed by atoms with Crippen LogP contribution in [0, 0.1) is 13.8 Å². The fraction of sp³-hybridized carbons (Fsp3) is 0.267. The Morgan fingerprint density at radius 3 is 2.33 bits per heavy atom. The number of anilines is 1. The third kappa shape index (κ3) is 4.72. The Labute approximate surface area is 133 Å². The van der Waals surface area contributed by atoms with Crippen molar-refractivity contribution in [1.29, 1.82) is 0 Å². The predicted octanol–water partition coefficient (Wildman–Crippen LogP) is 3.87. The van der Waals surface area contributed by atoms with Crippen molar-refractivity contribution in [2.75, 3.05) is 5.32 Å². The molecule has 1 N–H and O–H groups in total. The van der Waals surface area contributed by atoms with Crippen LogP contribution in [0.25, 0.3) is 0 Å². The van der Waals surface area contributed by atoms with Crippen LogP contribution in [0.3, 0.4) is 0 Å². The third-order valence-corrected chi connectivity index (χ3v) is 3.94. The van der Waals surface area contributed by atoms with Crippen LogP contribution in [0.15, 0.2) is 35.5 Å². The number of carbonyl (C=O) groups is 1. The van der Waals surface area contributed by atoms with Crippen LogP contribution >= 0.6 is 23.4 Å². The number of rotatable bonds is 4. The minimum atomic E-state index is -0.290. The molecule has 1 atom stereocenters. The maximum Gasteiger partial charge on any atom is 0.237 e. The second kappa shape index (κ2) is 6.91. The van der Waals surface area contributed by atoms with Crippen LogP contribution in [0.1, 0.15) is 18.3 Å². The summed E-state index contributed by atoms with van der Waals surface area (Å²) < 4.78 is 0. The van der Waals surface area contributed by atoms with E-state index in [1.807, 2.05) is 26.8 Å². The largest absolute Gasteiger partial charge is 0.325 e. The number of benzene rings is 1. The number of aromatic nitrogens is 2. The summed E-state index contributed by atoms with van der Waals surface area (Å²) in [6, 6.07) is 8.92. The van der Waals surface area contributed by atoms with Gasteiger partial charge in [-0.3, -0.25) is 4.79 Å². The van der Waals surface area contributed by atoms with Gasteiger partial charge in [-0.15, -0.1) is 0 Å². The molecule has 21 heavy (non-hydrogen) atoms. The quantitative estimate of drug-likeness (QED) is 0.686. The number of carbonyl (C=O) groups excluding carboxylic acids is 1. The van der Waals surface area contributed by atoms with Gasteiger partial charge in [0.25, 0.3) is 0 Å². The van der Waals surface area contributed by atoms with Crippen LogP contribution in [0.5, 0.6) is 0 Å². The fourth-order valence-corrected chi connectivity index (χ4v) is 2.74. The molecule has 0 saturated carbocycles. The number of halogens is 1. The van der Waals surface area contributed by atoms with Gasteiger partial charge < -0.3 is 5.32 Å². The van der Waals surface area contributed by atoms with E-state index in [0.717, 1.165) is 17.1 Å². The van der Waals surface area contributed by atoms with E-state index in [1.54, 1.807) is 24.3 Å². The van der Waals surface area contributed by atoms with Gasteiger partial charge in [-0.2, -0.15) is 0 Å². The summed E-state index contributed by atoms with van der Waals surface area (Å²) in [5.41, 5.74) is 2.52. The minimum Gasteiger partial charge on any atom is -0.325 e. The molecule has 0 bridgehead atoms. The molecule has 1 amide bonds. The first-order valence-electron chi connectivity index (χ1n) is 6.49. The molecule has 0 aliphatic rings. The molecule has 0 spiro atoms. The summed E-state index contributed by atoms with van der Waals surface area (Å²) in [6.45, 7) is 5.66. The highest BCUT2D eigenvalue weighted by Gasteiger charge is 2.16. The topological polar surface area (TPSA) is 54.9 Å². The lowest BCUT2D eigenvalue weighted by Crippen LogP contribution is -2.22. The number of thioether (sulfide) groups is 1. The van der Waals surface area contributed by atoms with Crippen molar-refractivity contribution in [1.82, 2.24) is 9.97 Å². The van der Waals surface area contributed by atoms with E-state index in [4.69, 9.17) is 11.6 Å². The first kappa shape index (κ1) is 15.8. The Balaban J connectivity index is 2.00. The molecule has 0 radical (unpaired) electrons. The molecule has 0 saturated heterocycles. The van der Waals surface area contributed by atoms with E-state index in [0.29, 0.717) is 10.2 Å². The van der Waals surface area contributed by atoms with Gasteiger partial charge in [0.15, 0.2) is 5.16 Å². The van der Waals surface area contributed by atoms with Crippen molar-refractivity contribution in [3.05, 3.63) is 46.7 Å². The average molecular weight is 322 g/mol. The molecular weight excluding hydrogens is 306 g/mol. The van der Waals surface area contributed by atoms with Crippen molar-refractivity contribution in [2.24, 2.45) is 0 Å². The van der Waals surface area contributed by atoms with Gasteiger partial charge in [0, 0.05) is 22.1 Å². The number of hydrogen-bond donors (Lipinski definition) is 1. The highest BCUT2D eigenvalue weighted by Crippen LogP contribution is 2.22. The summed E-state index contributed by atoms with van der Waals surface area (Å²) in [4.78, 5) is 20.8. The van der Waals surface area contributed by atoms with Gasteiger partial charge in [0.05, 0.1) is 5.25 Å². The molecule has 0 fully saturated rings. The first-order chi connectivity index (χ1) is 9.94. The van der Waals surface area contributed by atoms with Crippen molar-refractivity contribution >= 4 is 35.0 Å². The zero-order valence-corrected chi connectivity index (χ0v) is 13.6. The molecule has 0 aliphatic heterocycles. The third-order valence-electron chi connectivity index (χ3n) is 2.72.